The van der Waals surface area contributed by atoms with Gasteiger partial charge in [-0.3, -0.25) is 9.59 Å². The molecule has 0 aromatic heterocycles. The summed E-state index contributed by atoms with van der Waals surface area (Å²) in [5.74, 6) is -0.0639. The van der Waals surface area contributed by atoms with Gasteiger partial charge in [0, 0.05) is 6.42 Å². The second-order valence-corrected chi connectivity index (χ2v) is 2.02. The number of carbonyl (C=O) groups excluding carboxylic acids is 2. The molecule has 0 bridgehead atoms. The minimum absolute atomic E-state index is 0.00231. The van der Waals surface area contributed by atoms with E-state index in [-0.39, 0.29) is 18.0 Å². The molecule has 0 heterocycles. The third-order valence-electron chi connectivity index (χ3n) is 0.902. The van der Waals surface area contributed by atoms with Crippen molar-refractivity contribution in [1.29, 1.82) is 0 Å². The zero-order chi connectivity index (χ0) is 7.28. The standard InChI is InChI=1S/C7H11O2/c1-3-4-7(9)5-6(2)8/h1,3-5H2,2H3. The van der Waals surface area contributed by atoms with Gasteiger partial charge in [0.25, 0.3) is 0 Å². The molecule has 9 heavy (non-hydrogen) atoms. The summed E-state index contributed by atoms with van der Waals surface area (Å²) in [7, 11) is 0. The Morgan fingerprint density at radius 3 is 2.33 bits per heavy atom. The van der Waals surface area contributed by atoms with Gasteiger partial charge in [0.05, 0.1) is 6.42 Å². The van der Waals surface area contributed by atoms with Crippen LogP contribution < -0.4 is 0 Å². The predicted molar refractivity (Wildman–Crippen MR) is 34.9 cm³/mol. The number of Topliss-reactive ketones (excluding diaryl/α,β-unsaturated/α-hetero) is 2. The van der Waals surface area contributed by atoms with Gasteiger partial charge in [-0.25, -0.2) is 0 Å². The quantitative estimate of drug-likeness (QED) is 0.531. The summed E-state index contributed by atoms with van der Waals surface area (Å²) in [4.78, 5) is 20.9. The van der Waals surface area contributed by atoms with E-state index in [1.54, 1.807) is 0 Å². The van der Waals surface area contributed by atoms with E-state index in [1.165, 1.54) is 6.92 Å². The van der Waals surface area contributed by atoms with Crippen molar-refractivity contribution in [2.75, 3.05) is 0 Å². The van der Waals surface area contributed by atoms with Gasteiger partial charge in [-0.05, 0) is 13.3 Å². The molecule has 0 saturated carbocycles. The van der Waals surface area contributed by atoms with Gasteiger partial charge in [0.15, 0.2) is 0 Å². The average molecular weight is 127 g/mol. The summed E-state index contributed by atoms with van der Waals surface area (Å²) in [5, 5.41) is 0. The zero-order valence-electron chi connectivity index (χ0n) is 5.64. The zero-order valence-corrected chi connectivity index (χ0v) is 5.64. The Labute approximate surface area is 55.3 Å². The third-order valence-corrected chi connectivity index (χ3v) is 0.902. The van der Waals surface area contributed by atoms with Crippen molar-refractivity contribution < 1.29 is 9.59 Å². The van der Waals surface area contributed by atoms with Crippen LogP contribution in [0.15, 0.2) is 0 Å². The smallest absolute Gasteiger partial charge is 0.140 e. The molecule has 2 heteroatoms. The highest BCUT2D eigenvalue weighted by Gasteiger charge is 2.01. The van der Waals surface area contributed by atoms with Crippen LogP contribution in [0, 0.1) is 6.92 Å². The first-order chi connectivity index (χ1) is 4.16. The summed E-state index contributed by atoms with van der Waals surface area (Å²) in [6, 6.07) is 0. The Hall–Kier alpha value is -0.660. The van der Waals surface area contributed by atoms with Gasteiger partial charge in [0.1, 0.15) is 11.6 Å². The molecule has 0 saturated heterocycles. The van der Waals surface area contributed by atoms with E-state index in [0.29, 0.717) is 12.8 Å². The molecule has 0 aliphatic carbocycles. The van der Waals surface area contributed by atoms with Crippen LogP contribution in [0.1, 0.15) is 26.2 Å². The second kappa shape index (κ2) is 4.24. The van der Waals surface area contributed by atoms with Crippen LogP contribution in [0.4, 0.5) is 0 Å². The maximum atomic E-state index is 10.6. The minimum atomic E-state index is -0.0616. The highest BCUT2D eigenvalue weighted by molar-refractivity contribution is 5.97. The molecule has 0 spiro atoms. The summed E-state index contributed by atoms with van der Waals surface area (Å²) in [6.07, 6.45) is 1.10. The van der Waals surface area contributed by atoms with Crippen molar-refractivity contribution in [2.45, 2.75) is 26.2 Å². The molecule has 0 aromatic rings. The molecular formula is C7H11O2. The van der Waals surface area contributed by atoms with Crippen LogP contribution in [-0.2, 0) is 9.59 Å². The van der Waals surface area contributed by atoms with Crippen molar-refractivity contribution in [3.8, 4) is 0 Å². The van der Waals surface area contributed by atoms with Gasteiger partial charge in [0.2, 0.25) is 0 Å². The van der Waals surface area contributed by atoms with Crippen LogP contribution in [0.3, 0.4) is 0 Å². The Bertz CT molecular complexity index is 116. The minimum Gasteiger partial charge on any atom is -0.300 e. The van der Waals surface area contributed by atoms with Crippen molar-refractivity contribution in [3.63, 3.8) is 0 Å². The Balaban J connectivity index is 3.39. The lowest BCUT2D eigenvalue weighted by Crippen LogP contribution is -2.02. The Kier molecular flexibility index (Phi) is 3.93. The van der Waals surface area contributed by atoms with Crippen molar-refractivity contribution in [2.24, 2.45) is 0 Å². The molecule has 0 fully saturated rings. The van der Waals surface area contributed by atoms with Crippen molar-refractivity contribution >= 4 is 11.6 Å². The molecule has 0 amide bonds. The molecule has 2 nitrogen and oxygen atoms in total. The molecule has 0 N–H and O–H groups in total. The lowest BCUT2D eigenvalue weighted by Gasteiger charge is -1.91. The summed E-state index contributed by atoms with van der Waals surface area (Å²) in [5.41, 5.74) is 0. The number of carbonyl (C=O) groups is 2. The van der Waals surface area contributed by atoms with Gasteiger partial charge < -0.3 is 0 Å². The first kappa shape index (κ1) is 8.34. The topological polar surface area (TPSA) is 34.1 Å². The van der Waals surface area contributed by atoms with E-state index >= 15 is 0 Å². The molecule has 0 aliphatic rings. The highest BCUT2D eigenvalue weighted by Crippen LogP contribution is 1.93. The van der Waals surface area contributed by atoms with Gasteiger partial charge >= 0.3 is 0 Å². The molecular weight excluding hydrogens is 116 g/mol. The summed E-state index contributed by atoms with van der Waals surface area (Å²) in [6.45, 7) is 4.92. The van der Waals surface area contributed by atoms with Crippen LogP contribution in [0.2, 0.25) is 0 Å². The second-order valence-electron chi connectivity index (χ2n) is 2.02. The number of hydrogen-bond donors (Lipinski definition) is 0. The first-order valence-corrected chi connectivity index (χ1v) is 2.97. The maximum absolute atomic E-state index is 10.6. The van der Waals surface area contributed by atoms with Gasteiger partial charge in [-0.1, -0.05) is 6.92 Å². The molecule has 0 aliphatic heterocycles. The summed E-state index contributed by atoms with van der Waals surface area (Å²) >= 11 is 0. The van der Waals surface area contributed by atoms with Crippen molar-refractivity contribution in [1.82, 2.24) is 0 Å². The monoisotopic (exact) mass is 127 g/mol. The lowest BCUT2D eigenvalue weighted by atomic mass is 10.1. The fourth-order valence-electron chi connectivity index (χ4n) is 0.563. The van der Waals surface area contributed by atoms with E-state index < -0.39 is 0 Å². The molecule has 0 unspecified atom stereocenters. The van der Waals surface area contributed by atoms with E-state index in [0.717, 1.165) is 0 Å². The van der Waals surface area contributed by atoms with E-state index in [9.17, 15) is 9.59 Å². The SMILES string of the molecule is [CH2]CCC(=O)CC(C)=O. The van der Waals surface area contributed by atoms with Gasteiger partial charge in [-0.15, -0.1) is 0 Å². The highest BCUT2D eigenvalue weighted by atomic mass is 16.1. The molecule has 0 rings (SSSR count). The number of rotatable bonds is 4. The van der Waals surface area contributed by atoms with Crippen LogP contribution in [-0.4, -0.2) is 11.6 Å². The fourth-order valence-corrected chi connectivity index (χ4v) is 0.563. The molecule has 0 aromatic carbocycles. The van der Waals surface area contributed by atoms with E-state index in [2.05, 4.69) is 6.92 Å². The first-order valence-electron chi connectivity index (χ1n) is 2.97. The van der Waals surface area contributed by atoms with Crippen LogP contribution >= 0.6 is 0 Å². The summed E-state index contributed by atoms with van der Waals surface area (Å²) < 4.78 is 0. The van der Waals surface area contributed by atoms with Gasteiger partial charge in [-0.2, -0.15) is 0 Å². The molecule has 51 valence electrons. The third kappa shape index (κ3) is 5.21. The number of hydrogen-bond acceptors (Lipinski definition) is 2. The predicted octanol–water partition coefficient (Wildman–Crippen LogP) is 1.15. The number of ketones is 2. The van der Waals surface area contributed by atoms with E-state index in [1.807, 2.05) is 0 Å². The maximum Gasteiger partial charge on any atom is 0.140 e. The normalized spacial score (nSPS) is 9.11. The van der Waals surface area contributed by atoms with Crippen LogP contribution in [0.5, 0.6) is 0 Å². The Morgan fingerprint density at radius 1 is 1.44 bits per heavy atom. The molecule has 0 atom stereocenters. The van der Waals surface area contributed by atoms with Crippen molar-refractivity contribution in [3.05, 3.63) is 6.92 Å². The fraction of sp³-hybridized carbons (Fsp3) is 0.571. The Morgan fingerprint density at radius 2 is 2.00 bits per heavy atom. The lowest BCUT2D eigenvalue weighted by molar-refractivity contribution is -0.125. The average Bonchev–Trinajstić information content (AvgIpc) is 1.63. The van der Waals surface area contributed by atoms with Crippen LogP contribution in [0.25, 0.3) is 0 Å². The largest absolute Gasteiger partial charge is 0.300 e. The van der Waals surface area contributed by atoms with E-state index in [4.69, 9.17) is 0 Å². The molecule has 1 radical (unpaired) electrons.